The second-order valence-corrected chi connectivity index (χ2v) is 7.60. The van der Waals surface area contributed by atoms with Crippen LogP contribution in [0.25, 0.3) is 45.6 Å². The number of benzene rings is 3. The summed E-state index contributed by atoms with van der Waals surface area (Å²) in [5.74, 6) is 3.32. The third-order valence-corrected chi connectivity index (χ3v) is 5.43. The predicted octanol–water partition coefficient (Wildman–Crippen LogP) is 5.22. The van der Waals surface area contributed by atoms with Gasteiger partial charge in [0.1, 0.15) is 5.75 Å². The molecule has 0 radical (unpaired) electrons. The third kappa shape index (κ3) is 3.65. The Labute approximate surface area is 185 Å². The van der Waals surface area contributed by atoms with Crippen molar-refractivity contribution in [2.24, 2.45) is 0 Å². The summed E-state index contributed by atoms with van der Waals surface area (Å²) in [5.41, 5.74) is 5.93. The topological polar surface area (TPSA) is 92.4 Å². The molecule has 2 heterocycles. The Bertz CT molecular complexity index is 1300. The van der Waals surface area contributed by atoms with Gasteiger partial charge in [0.05, 0.1) is 7.11 Å². The number of methoxy groups -OCH3 is 1. The molecule has 0 aliphatic carbocycles. The van der Waals surface area contributed by atoms with Gasteiger partial charge in [0, 0.05) is 22.3 Å². The molecular formula is C25H22N6O. The minimum Gasteiger partial charge on any atom is -0.497 e. The molecule has 0 saturated heterocycles. The highest BCUT2D eigenvalue weighted by molar-refractivity contribution is 5.72. The molecule has 3 aromatic carbocycles. The maximum atomic E-state index is 5.54. The Morgan fingerprint density at radius 1 is 0.656 bits per heavy atom. The van der Waals surface area contributed by atoms with Crippen molar-refractivity contribution in [2.45, 2.75) is 13.8 Å². The van der Waals surface area contributed by atoms with E-state index < -0.39 is 0 Å². The van der Waals surface area contributed by atoms with Crippen molar-refractivity contribution in [2.75, 3.05) is 7.11 Å². The van der Waals surface area contributed by atoms with Crippen LogP contribution in [0.5, 0.6) is 5.75 Å². The first-order valence-corrected chi connectivity index (χ1v) is 10.3. The van der Waals surface area contributed by atoms with Crippen LogP contribution in [-0.2, 0) is 0 Å². The van der Waals surface area contributed by atoms with E-state index in [1.54, 1.807) is 7.11 Å². The van der Waals surface area contributed by atoms with Crippen LogP contribution in [0.15, 0.2) is 66.7 Å². The average molecular weight is 422 g/mol. The average Bonchev–Trinajstić information content (AvgIpc) is 3.50. The molecule has 0 fully saturated rings. The molecule has 32 heavy (non-hydrogen) atoms. The quantitative estimate of drug-likeness (QED) is 0.405. The highest BCUT2D eigenvalue weighted by Gasteiger charge is 2.15. The van der Waals surface area contributed by atoms with Gasteiger partial charge in [-0.05, 0) is 43.2 Å². The molecule has 7 heteroatoms. The lowest BCUT2D eigenvalue weighted by atomic mass is 10.1. The fraction of sp³-hybridized carbons (Fsp3) is 0.120. The van der Waals surface area contributed by atoms with Crippen molar-refractivity contribution < 1.29 is 4.74 Å². The molecule has 0 saturated carbocycles. The molecule has 158 valence electrons. The van der Waals surface area contributed by atoms with Gasteiger partial charge in [-0.2, -0.15) is 10.2 Å². The van der Waals surface area contributed by atoms with E-state index in [1.165, 1.54) is 0 Å². The summed E-state index contributed by atoms with van der Waals surface area (Å²) in [6, 6.07) is 21.9. The van der Waals surface area contributed by atoms with E-state index >= 15 is 0 Å². The number of hydrogen-bond acceptors (Lipinski definition) is 5. The summed E-state index contributed by atoms with van der Waals surface area (Å²) in [6.45, 7) is 4.09. The van der Waals surface area contributed by atoms with Crippen LogP contribution in [0.1, 0.15) is 11.1 Å². The van der Waals surface area contributed by atoms with Gasteiger partial charge in [-0.25, -0.2) is 9.97 Å². The fourth-order valence-electron chi connectivity index (χ4n) is 3.66. The second-order valence-electron chi connectivity index (χ2n) is 7.60. The largest absolute Gasteiger partial charge is 0.497 e. The smallest absolute Gasteiger partial charge is 0.181 e. The maximum Gasteiger partial charge on any atom is 0.181 e. The third-order valence-electron chi connectivity index (χ3n) is 5.43. The number of aryl methyl sites for hydroxylation is 2. The number of hydrogen-bond donors (Lipinski definition) is 2. The van der Waals surface area contributed by atoms with E-state index in [2.05, 4.69) is 20.4 Å². The van der Waals surface area contributed by atoms with Crippen LogP contribution in [0.4, 0.5) is 0 Å². The van der Waals surface area contributed by atoms with Crippen molar-refractivity contribution in [3.63, 3.8) is 0 Å². The van der Waals surface area contributed by atoms with E-state index in [-0.39, 0.29) is 0 Å². The first kappa shape index (κ1) is 19.7. The van der Waals surface area contributed by atoms with Gasteiger partial charge in [0.25, 0.3) is 0 Å². The first-order chi connectivity index (χ1) is 15.6. The van der Waals surface area contributed by atoms with Crippen molar-refractivity contribution in [1.82, 2.24) is 30.4 Å². The van der Waals surface area contributed by atoms with Gasteiger partial charge in [0.2, 0.25) is 0 Å². The van der Waals surface area contributed by atoms with Crippen LogP contribution in [0.3, 0.4) is 0 Å². The molecule has 5 aromatic rings. The van der Waals surface area contributed by atoms with Crippen molar-refractivity contribution >= 4 is 0 Å². The van der Waals surface area contributed by atoms with Gasteiger partial charge >= 0.3 is 0 Å². The van der Waals surface area contributed by atoms with Gasteiger partial charge in [-0.3, -0.25) is 10.2 Å². The molecule has 0 amide bonds. The molecule has 5 rings (SSSR count). The molecule has 2 N–H and O–H groups in total. The van der Waals surface area contributed by atoms with Crippen LogP contribution in [0.2, 0.25) is 0 Å². The van der Waals surface area contributed by atoms with E-state index in [0.717, 1.165) is 33.4 Å². The molecule has 0 bridgehead atoms. The molecule has 0 atom stereocenters. The maximum absolute atomic E-state index is 5.54. The van der Waals surface area contributed by atoms with Gasteiger partial charge in [0.15, 0.2) is 23.3 Å². The van der Waals surface area contributed by atoms with E-state index in [4.69, 9.17) is 14.7 Å². The molecule has 0 spiro atoms. The van der Waals surface area contributed by atoms with Crippen LogP contribution in [-0.4, -0.2) is 37.5 Å². The van der Waals surface area contributed by atoms with Gasteiger partial charge < -0.3 is 4.74 Å². The van der Waals surface area contributed by atoms with Gasteiger partial charge in [-0.1, -0.05) is 48.5 Å². The van der Waals surface area contributed by atoms with Crippen molar-refractivity contribution in [3.05, 3.63) is 77.9 Å². The number of rotatable bonds is 5. The van der Waals surface area contributed by atoms with Crippen LogP contribution < -0.4 is 4.74 Å². The zero-order chi connectivity index (χ0) is 22.1. The molecule has 7 nitrogen and oxygen atoms in total. The predicted molar refractivity (Wildman–Crippen MR) is 124 cm³/mol. The van der Waals surface area contributed by atoms with E-state index in [9.17, 15) is 0 Å². The lowest BCUT2D eigenvalue weighted by Gasteiger charge is -2.06. The Morgan fingerprint density at radius 2 is 1.12 bits per heavy atom. The number of nitrogens with one attached hydrogen (secondary N) is 2. The lowest BCUT2D eigenvalue weighted by molar-refractivity contribution is 0.415. The number of ether oxygens (including phenoxy) is 1. The SMILES string of the molecule is COc1cc(-c2nc(-c3ccccc3C)n[nH]2)cc(-c2nc(-c3ccccc3C)n[nH]2)c1. The summed E-state index contributed by atoms with van der Waals surface area (Å²) in [6.07, 6.45) is 0. The normalized spacial score (nSPS) is 11.0. The van der Waals surface area contributed by atoms with Crippen LogP contribution in [0, 0.1) is 13.8 Å². The molecule has 2 aromatic heterocycles. The standard InChI is InChI=1S/C25H22N6O/c1-15-8-4-6-10-20(15)24-26-22(28-30-24)17-12-18(14-19(13-17)32-3)23-27-25(31-29-23)21-11-7-5-9-16(21)2/h4-14H,1-3H3,(H,26,28,30)(H,27,29,31). The Balaban J connectivity index is 1.54. The molecule has 0 aliphatic heterocycles. The summed E-state index contributed by atoms with van der Waals surface area (Å²) < 4.78 is 5.54. The van der Waals surface area contributed by atoms with Gasteiger partial charge in [-0.15, -0.1) is 0 Å². The van der Waals surface area contributed by atoms with Crippen molar-refractivity contribution in [1.29, 1.82) is 0 Å². The lowest BCUT2D eigenvalue weighted by Crippen LogP contribution is -1.90. The molecular weight excluding hydrogens is 400 g/mol. The number of aromatic amines is 2. The highest BCUT2D eigenvalue weighted by Crippen LogP contribution is 2.31. The summed E-state index contributed by atoms with van der Waals surface area (Å²) in [4.78, 5) is 9.44. The summed E-state index contributed by atoms with van der Waals surface area (Å²) >= 11 is 0. The zero-order valence-electron chi connectivity index (χ0n) is 18.0. The summed E-state index contributed by atoms with van der Waals surface area (Å²) in [5, 5.41) is 15.0. The minimum absolute atomic E-state index is 0.655. The Kier molecular flexibility index (Phi) is 4.99. The van der Waals surface area contributed by atoms with E-state index in [0.29, 0.717) is 29.0 Å². The molecule has 0 unspecified atom stereocenters. The first-order valence-electron chi connectivity index (χ1n) is 10.3. The summed E-state index contributed by atoms with van der Waals surface area (Å²) in [7, 11) is 1.64. The zero-order valence-corrected chi connectivity index (χ0v) is 18.0. The van der Waals surface area contributed by atoms with E-state index in [1.807, 2.05) is 80.6 Å². The highest BCUT2D eigenvalue weighted by atomic mass is 16.5. The molecule has 0 aliphatic rings. The van der Waals surface area contributed by atoms with Crippen molar-refractivity contribution in [3.8, 4) is 51.3 Å². The number of nitrogens with zero attached hydrogens (tertiary/aromatic N) is 4. The minimum atomic E-state index is 0.655. The number of aromatic nitrogens is 6. The Morgan fingerprint density at radius 3 is 1.56 bits per heavy atom. The van der Waals surface area contributed by atoms with Crippen LogP contribution >= 0.6 is 0 Å². The Hall–Kier alpha value is -4.26. The second kappa shape index (κ2) is 8.11. The fourth-order valence-corrected chi connectivity index (χ4v) is 3.66. The monoisotopic (exact) mass is 422 g/mol. The number of H-pyrrole nitrogens is 2.